The Bertz CT molecular complexity index is 991. The third-order valence-corrected chi connectivity index (χ3v) is 6.14. The van der Waals surface area contributed by atoms with E-state index in [1.165, 1.54) is 0 Å². The number of fused-ring (bicyclic) bond motifs is 1. The summed E-state index contributed by atoms with van der Waals surface area (Å²) in [5.74, 6) is 0.368. The first kappa shape index (κ1) is 19.8. The van der Waals surface area contributed by atoms with Gasteiger partial charge in [0.05, 0.1) is 22.2 Å². The highest BCUT2D eigenvalue weighted by Gasteiger charge is 2.30. The monoisotopic (exact) mass is 458 g/mol. The minimum Gasteiger partial charge on any atom is -0.497 e. The molecule has 0 saturated heterocycles. The summed E-state index contributed by atoms with van der Waals surface area (Å²) in [6.07, 6.45) is 7.72. The fraction of sp³-hybridized carbons (Fsp3) is 0.429. The van der Waals surface area contributed by atoms with Crippen LogP contribution in [0.1, 0.15) is 49.5 Å². The van der Waals surface area contributed by atoms with Crippen molar-refractivity contribution in [2.24, 2.45) is 0 Å². The molecule has 7 nitrogen and oxygen atoms in total. The van der Waals surface area contributed by atoms with E-state index in [2.05, 4.69) is 36.5 Å². The molecule has 29 heavy (non-hydrogen) atoms. The van der Waals surface area contributed by atoms with E-state index in [0.29, 0.717) is 35.6 Å². The molecule has 2 atom stereocenters. The fourth-order valence-electron chi connectivity index (χ4n) is 3.95. The number of allylic oxidation sites excluding steroid dienone is 1. The largest absolute Gasteiger partial charge is 0.497 e. The summed E-state index contributed by atoms with van der Waals surface area (Å²) in [4.78, 5) is 34.1. The summed E-state index contributed by atoms with van der Waals surface area (Å²) in [7, 11) is 0. The summed E-state index contributed by atoms with van der Waals surface area (Å²) in [6, 6.07) is 3.32. The maximum Gasteiger partial charge on any atom is 0.270 e. The smallest absolute Gasteiger partial charge is 0.270 e. The van der Waals surface area contributed by atoms with Crippen molar-refractivity contribution in [1.82, 2.24) is 20.6 Å². The second kappa shape index (κ2) is 8.49. The molecule has 1 saturated carbocycles. The van der Waals surface area contributed by atoms with Gasteiger partial charge in [-0.2, -0.15) is 0 Å². The van der Waals surface area contributed by atoms with Gasteiger partial charge in [-0.3, -0.25) is 14.6 Å². The number of rotatable bonds is 4. The summed E-state index contributed by atoms with van der Waals surface area (Å²) in [5, 5.41) is 7.05. The van der Waals surface area contributed by atoms with Crippen LogP contribution in [0.2, 0.25) is 0 Å². The van der Waals surface area contributed by atoms with Gasteiger partial charge >= 0.3 is 0 Å². The van der Waals surface area contributed by atoms with Crippen LogP contribution in [-0.2, 0) is 9.53 Å². The molecular weight excluding hydrogens is 436 g/mol. The number of halogens is 1. The molecule has 0 bridgehead atoms. The predicted molar refractivity (Wildman–Crippen MR) is 112 cm³/mol. The summed E-state index contributed by atoms with van der Waals surface area (Å²) in [6.45, 7) is 2.37. The third-order valence-electron chi connectivity index (χ3n) is 5.56. The Balaban J connectivity index is 1.48. The maximum absolute atomic E-state index is 12.9. The van der Waals surface area contributed by atoms with Crippen LogP contribution in [-0.4, -0.2) is 40.5 Å². The van der Waals surface area contributed by atoms with Crippen LogP contribution in [0.4, 0.5) is 0 Å². The number of amides is 2. The van der Waals surface area contributed by atoms with E-state index in [-0.39, 0.29) is 23.9 Å². The number of carbonyl (C=O) groups excluding carboxylic acids is 2. The van der Waals surface area contributed by atoms with Gasteiger partial charge in [0.1, 0.15) is 11.5 Å². The van der Waals surface area contributed by atoms with E-state index in [1.54, 1.807) is 18.5 Å². The van der Waals surface area contributed by atoms with Crippen LogP contribution in [0.5, 0.6) is 0 Å². The van der Waals surface area contributed by atoms with Gasteiger partial charge in [-0.15, -0.1) is 0 Å². The first-order valence-corrected chi connectivity index (χ1v) is 10.7. The maximum atomic E-state index is 12.9. The first-order valence-electron chi connectivity index (χ1n) is 9.87. The van der Waals surface area contributed by atoms with E-state index >= 15 is 0 Å². The SMILES string of the molecule is CC1=C(C(=O)N[C@@H]2CCCC[C@H]2NC(=O)c2ccc3cncc(Br)c3n2)CCO1. The Morgan fingerprint density at radius 3 is 2.52 bits per heavy atom. The number of pyridine rings is 2. The van der Waals surface area contributed by atoms with E-state index in [0.717, 1.165) is 35.5 Å². The van der Waals surface area contributed by atoms with Crippen molar-refractivity contribution in [2.75, 3.05) is 6.61 Å². The van der Waals surface area contributed by atoms with Crippen molar-refractivity contribution in [1.29, 1.82) is 0 Å². The molecule has 3 heterocycles. The molecular formula is C21H23BrN4O3. The van der Waals surface area contributed by atoms with Crippen LogP contribution in [0.25, 0.3) is 10.9 Å². The molecule has 8 heteroatoms. The second-order valence-corrected chi connectivity index (χ2v) is 8.32. The van der Waals surface area contributed by atoms with Crippen molar-refractivity contribution in [2.45, 2.75) is 51.1 Å². The molecule has 1 aliphatic carbocycles. The lowest BCUT2D eigenvalue weighted by Crippen LogP contribution is -2.53. The van der Waals surface area contributed by atoms with Crippen LogP contribution in [0, 0.1) is 0 Å². The Morgan fingerprint density at radius 2 is 1.83 bits per heavy atom. The molecule has 2 aromatic heterocycles. The number of carbonyl (C=O) groups is 2. The van der Waals surface area contributed by atoms with Crippen molar-refractivity contribution >= 4 is 38.6 Å². The zero-order chi connectivity index (χ0) is 20.4. The molecule has 0 aromatic carbocycles. The summed E-state index contributed by atoms with van der Waals surface area (Å²) < 4.78 is 6.15. The molecule has 4 rings (SSSR count). The standard InChI is InChI=1S/C21H23BrN4O3/c1-12-14(8-9-29-12)20(27)25-16-4-2-3-5-17(16)26-21(28)18-7-6-13-10-23-11-15(22)19(13)24-18/h6-7,10-11,16-17H,2-5,8-9H2,1H3,(H,25,27)(H,26,28)/t16-,17-/m1/s1. The first-order chi connectivity index (χ1) is 14.0. The number of aromatic nitrogens is 2. The van der Waals surface area contributed by atoms with Crippen LogP contribution in [0.15, 0.2) is 40.3 Å². The van der Waals surface area contributed by atoms with Gasteiger partial charge < -0.3 is 15.4 Å². The average molecular weight is 459 g/mol. The average Bonchev–Trinajstić information content (AvgIpc) is 3.15. The minimum atomic E-state index is -0.235. The number of nitrogens with one attached hydrogen (secondary N) is 2. The zero-order valence-corrected chi connectivity index (χ0v) is 17.8. The highest BCUT2D eigenvalue weighted by molar-refractivity contribution is 9.10. The molecule has 152 valence electrons. The van der Waals surface area contributed by atoms with Gasteiger partial charge in [0.15, 0.2) is 0 Å². The van der Waals surface area contributed by atoms with Crippen molar-refractivity contribution < 1.29 is 14.3 Å². The van der Waals surface area contributed by atoms with Crippen LogP contribution < -0.4 is 10.6 Å². The second-order valence-electron chi connectivity index (χ2n) is 7.47. The van der Waals surface area contributed by atoms with Crippen molar-refractivity contribution in [3.63, 3.8) is 0 Å². The van der Waals surface area contributed by atoms with Gasteiger partial charge in [-0.25, -0.2) is 4.98 Å². The highest BCUT2D eigenvalue weighted by atomic mass is 79.9. The zero-order valence-electron chi connectivity index (χ0n) is 16.2. The van der Waals surface area contributed by atoms with Crippen molar-refractivity contribution in [3.8, 4) is 0 Å². The molecule has 0 spiro atoms. The topological polar surface area (TPSA) is 93.2 Å². The number of nitrogens with zero attached hydrogens (tertiary/aromatic N) is 2. The Morgan fingerprint density at radius 1 is 1.10 bits per heavy atom. The predicted octanol–water partition coefficient (Wildman–Crippen LogP) is 3.24. The lowest BCUT2D eigenvalue weighted by molar-refractivity contribution is -0.118. The third kappa shape index (κ3) is 4.27. The lowest BCUT2D eigenvalue weighted by Gasteiger charge is -2.32. The molecule has 2 aliphatic rings. The Hall–Kier alpha value is -2.48. The van der Waals surface area contributed by atoms with E-state index in [9.17, 15) is 9.59 Å². The molecule has 0 radical (unpaired) electrons. The molecule has 1 aliphatic heterocycles. The van der Waals surface area contributed by atoms with Crippen LogP contribution >= 0.6 is 15.9 Å². The van der Waals surface area contributed by atoms with E-state index in [1.807, 2.05) is 13.0 Å². The number of ether oxygens (including phenoxy) is 1. The van der Waals surface area contributed by atoms with Gasteiger partial charge in [0.25, 0.3) is 11.8 Å². The van der Waals surface area contributed by atoms with E-state index < -0.39 is 0 Å². The normalized spacial score (nSPS) is 21.7. The van der Waals surface area contributed by atoms with Gasteiger partial charge in [-0.05, 0) is 47.8 Å². The Labute approximate surface area is 177 Å². The number of hydrogen-bond acceptors (Lipinski definition) is 5. The van der Waals surface area contributed by atoms with Crippen molar-refractivity contribution in [3.05, 3.63) is 46.0 Å². The molecule has 0 unspecified atom stereocenters. The highest BCUT2D eigenvalue weighted by Crippen LogP contribution is 2.23. The van der Waals surface area contributed by atoms with E-state index in [4.69, 9.17) is 4.74 Å². The summed E-state index contributed by atoms with van der Waals surface area (Å²) in [5.41, 5.74) is 1.75. The molecule has 2 amide bonds. The summed E-state index contributed by atoms with van der Waals surface area (Å²) >= 11 is 3.43. The van der Waals surface area contributed by atoms with Crippen LogP contribution in [0.3, 0.4) is 0 Å². The fourth-order valence-corrected chi connectivity index (χ4v) is 4.39. The molecule has 2 N–H and O–H groups in total. The molecule has 1 fully saturated rings. The molecule has 2 aromatic rings. The lowest BCUT2D eigenvalue weighted by atomic mass is 9.89. The minimum absolute atomic E-state index is 0.0913. The Kier molecular flexibility index (Phi) is 5.80. The number of hydrogen-bond donors (Lipinski definition) is 2. The van der Waals surface area contributed by atoms with Gasteiger partial charge in [0.2, 0.25) is 0 Å². The quantitative estimate of drug-likeness (QED) is 0.733. The van der Waals surface area contributed by atoms with Gasteiger partial charge in [0, 0.05) is 36.3 Å². The van der Waals surface area contributed by atoms with Gasteiger partial charge in [-0.1, -0.05) is 12.8 Å².